The molecular weight excluding hydrogens is 557 g/mol. The van der Waals surface area contributed by atoms with Crippen LogP contribution in [0.4, 0.5) is 0 Å². The number of carbonyl (C=O) groups excluding carboxylic acids is 2. The lowest BCUT2D eigenvalue weighted by Crippen LogP contribution is -2.45. The van der Waals surface area contributed by atoms with E-state index in [4.69, 9.17) is 34.0 Å². The zero-order valence-electron chi connectivity index (χ0n) is 20.3. The van der Waals surface area contributed by atoms with Crippen LogP contribution in [0.3, 0.4) is 0 Å². The lowest BCUT2D eigenvalue weighted by Gasteiger charge is -2.15. The minimum atomic E-state index is -0.865. The van der Waals surface area contributed by atoms with Crippen molar-refractivity contribution in [1.29, 1.82) is 0 Å². The van der Waals surface area contributed by atoms with Crippen LogP contribution in [0.5, 0.6) is 0 Å². The number of thiophene rings is 1. The van der Waals surface area contributed by atoms with Crippen molar-refractivity contribution in [3.05, 3.63) is 117 Å². The average molecular weight is 578 g/mol. The molecule has 8 nitrogen and oxygen atoms in total. The van der Waals surface area contributed by atoms with Gasteiger partial charge in [-0.15, -0.1) is 11.3 Å². The molecule has 0 aliphatic rings. The molecule has 3 aromatic heterocycles. The first-order chi connectivity index (χ1) is 18.8. The number of aromatic nitrogens is 3. The Morgan fingerprint density at radius 3 is 2.54 bits per heavy atom. The van der Waals surface area contributed by atoms with Crippen LogP contribution < -0.4 is 15.8 Å². The summed E-state index contributed by atoms with van der Waals surface area (Å²) in [5.41, 5.74) is 8.95. The number of pyridine rings is 1. The van der Waals surface area contributed by atoms with Crippen molar-refractivity contribution in [3.63, 3.8) is 0 Å². The molecule has 0 unspecified atom stereocenters. The summed E-state index contributed by atoms with van der Waals surface area (Å²) in [6, 6.07) is 22.3. The Balaban J connectivity index is 1.48. The first kappa shape index (κ1) is 26.4. The van der Waals surface area contributed by atoms with E-state index in [0.29, 0.717) is 42.3 Å². The molecule has 5 rings (SSSR count). The van der Waals surface area contributed by atoms with Crippen LogP contribution in [0, 0.1) is 5.21 Å². The van der Waals surface area contributed by atoms with Gasteiger partial charge in [0.15, 0.2) is 12.4 Å². The molecule has 39 heavy (non-hydrogen) atoms. The zero-order valence-corrected chi connectivity index (χ0v) is 22.6. The Morgan fingerprint density at radius 2 is 1.82 bits per heavy atom. The number of primary amides is 1. The summed E-state index contributed by atoms with van der Waals surface area (Å²) < 4.78 is 2.38. The Kier molecular flexibility index (Phi) is 7.65. The summed E-state index contributed by atoms with van der Waals surface area (Å²) in [5.74, 6) is -1.04. The molecule has 3 N–H and O–H groups in total. The monoisotopic (exact) mass is 577 g/mol. The van der Waals surface area contributed by atoms with Crippen LogP contribution in [-0.4, -0.2) is 27.6 Å². The van der Waals surface area contributed by atoms with Crippen molar-refractivity contribution in [2.45, 2.75) is 12.5 Å². The minimum Gasteiger partial charge on any atom is -0.619 e. The second-order valence-electron chi connectivity index (χ2n) is 8.66. The quantitative estimate of drug-likeness (QED) is 0.198. The van der Waals surface area contributed by atoms with Gasteiger partial charge in [0.25, 0.3) is 5.91 Å². The van der Waals surface area contributed by atoms with E-state index in [-0.39, 0.29) is 6.42 Å². The average Bonchev–Trinajstić information content (AvgIpc) is 3.58. The number of amides is 2. The van der Waals surface area contributed by atoms with Gasteiger partial charge in [0.05, 0.1) is 42.4 Å². The van der Waals surface area contributed by atoms with E-state index in [0.717, 1.165) is 10.4 Å². The van der Waals surface area contributed by atoms with Gasteiger partial charge in [0, 0.05) is 12.5 Å². The third-order valence-corrected chi connectivity index (χ3v) is 7.79. The van der Waals surface area contributed by atoms with Gasteiger partial charge in [0.1, 0.15) is 6.04 Å². The maximum atomic E-state index is 13.1. The van der Waals surface area contributed by atoms with Crippen LogP contribution in [0.2, 0.25) is 10.0 Å². The van der Waals surface area contributed by atoms with Crippen molar-refractivity contribution in [1.82, 2.24) is 15.1 Å². The number of nitrogens with two attached hydrogens (primary N) is 1. The number of hydrogen-bond acceptors (Lipinski definition) is 5. The molecule has 3 heterocycles. The lowest BCUT2D eigenvalue weighted by atomic mass is 10.1. The van der Waals surface area contributed by atoms with Gasteiger partial charge in [-0.2, -0.15) is 9.83 Å². The Hall–Kier alpha value is -4.18. The maximum Gasteiger partial charge on any atom is 0.262 e. The zero-order chi connectivity index (χ0) is 27.5. The molecule has 0 fully saturated rings. The Labute approximate surface area is 237 Å². The smallest absolute Gasteiger partial charge is 0.262 e. The molecule has 1 atom stereocenters. The van der Waals surface area contributed by atoms with E-state index < -0.39 is 17.9 Å². The summed E-state index contributed by atoms with van der Waals surface area (Å²) in [6.07, 6.45) is 3.10. The summed E-state index contributed by atoms with van der Waals surface area (Å²) in [6.45, 7) is 0. The molecule has 0 radical (unpaired) electrons. The third-order valence-electron chi connectivity index (χ3n) is 5.94. The predicted molar refractivity (Wildman–Crippen MR) is 152 cm³/mol. The van der Waals surface area contributed by atoms with Crippen LogP contribution in [0.1, 0.15) is 15.2 Å². The number of carbonyl (C=O) groups is 2. The van der Waals surface area contributed by atoms with Gasteiger partial charge in [0.2, 0.25) is 5.91 Å². The molecule has 11 heteroatoms. The third kappa shape index (κ3) is 5.96. The molecule has 196 valence electrons. The maximum absolute atomic E-state index is 13.1. The highest BCUT2D eigenvalue weighted by atomic mass is 35.5. The normalized spacial score (nSPS) is 11.7. The predicted octanol–water partition coefficient (Wildman–Crippen LogP) is 5.03. The molecule has 0 aliphatic carbocycles. The molecule has 0 spiro atoms. The van der Waals surface area contributed by atoms with Crippen LogP contribution >= 0.6 is 34.5 Å². The number of halogens is 2. The fraction of sp³-hybridized carbons (Fsp3) is 0.0714. The van der Waals surface area contributed by atoms with Gasteiger partial charge in [-0.1, -0.05) is 53.5 Å². The highest BCUT2D eigenvalue weighted by molar-refractivity contribution is 7.17. The highest BCUT2D eigenvalue weighted by Gasteiger charge is 2.22. The van der Waals surface area contributed by atoms with E-state index in [1.165, 1.54) is 23.7 Å². The SMILES string of the molecule is NC(=O)[C@H](Cc1ccccc1)NC(=O)c1ccc(-c2cc(-c3ccc[n+]([O-])c3)nn2-c2ccc(Cl)c(Cl)c2)s1. The second-order valence-corrected chi connectivity index (χ2v) is 10.6. The molecule has 0 saturated carbocycles. The molecule has 5 aromatic rings. The van der Waals surface area contributed by atoms with E-state index in [2.05, 4.69) is 5.32 Å². The van der Waals surface area contributed by atoms with Crippen molar-refractivity contribution in [2.24, 2.45) is 5.73 Å². The first-order valence-corrected chi connectivity index (χ1v) is 13.3. The fourth-order valence-electron chi connectivity index (χ4n) is 4.02. The van der Waals surface area contributed by atoms with Crippen molar-refractivity contribution >= 4 is 46.4 Å². The number of rotatable bonds is 8. The van der Waals surface area contributed by atoms with E-state index in [9.17, 15) is 14.8 Å². The molecule has 0 saturated heterocycles. The summed E-state index contributed by atoms with van der Waals surface area (Å²) in [4.78, 5) is 26.3. The molecule has 0 bridgehead atoms. The summed E-state index contributed by atoms with van der Waals surface area (Å²) >= 11 is 13.6. The number of nitrogens with one attached hydrogen (secondary N) is 1. The van der Waals surface area contributed by atoms with Gasteiger partial charge >= 0.3 is 0 Å². The minimum absolute atomic E-state index is 0.282. The summed E-state index contributed by atoms with van der Waals surface area (Å²) in [5, 5.41) is 20.1. The van der Waals surface area contributed by atoms with Gasteiger partial charge in [-0.3, -0.25) is 9.59 Å². The van der Waals surface area contributed by atoms with Crippen molar-refractivity contribution in [2.75, 3.05) is 0 Å². The second kappa shape index (κ2) is 11.3. The number of benzene rings is 2. The van der Waals surface area contributed by atoms with Crippen LogP contribution in [0.15, 0.2) is 91.3 Å². The Morgan fingerprint density at radius 1 is 1.03 bits per heavy atom. The molecular formula is C28H21Cl2N5O3S. The largest absolute Gasteiger partial charge is 0.619 e. The molecule has 2 aromatic carbocycles. The summed E-state index contributed by atoms with van der Waals surface area (Å²) in [7, 11) is 0. The lowest BCUT2D eigenvalue weighted by molar-refractivity contribution is -0.604. The van der Waals surface area contributed by atoms with Gasteiger partial charge < -0.3 is 16.3 Å². The molecule has 0 aliphatic heterocycles. The first-order valence-electron chi connectivity index (χ1n) is 11.8. The van der Waals surface area contributed by atoms with E-state index in [1.807, 2.05) is 36.4 Å². The van der Waals surface area contributed by atoms with Crippen LogP contribution in [0.25, 0.3) is 27.5 Å². The number of hydrogen-bond donors (Lipinski definition) is 2. The standard InChI is InChI=1S/C28H21Cl2N5O3S/c29-20-9-8-19(14-21(20)30)35-24(15-22(33-35)18-7-4-12-34(38)16-18)25-10-11-26(39-25)28(37)32-23(27(31)36)13-17-5-2-1-3-6-17/h1-12,14-16,23H,13H2,(H2,31,36)(H,32,37)/t23-/m0/s1. The molecule has 2 amide bonds. The number of nitrogens with zero attached hydrogens (tertiary/aromatic N) is 3. The fourth-order valence-corrected chi connectivity index (χ4v) is 5.22. The van der Waals surface area contributed by atoms with Crippen molar-refractivity contribution in [3.8, 4) is 27.5 Å². The van der Waals surface area contributed by atoms with Gasteiger partial charge in [-0.05, 0) is 48.0 Å². The van der Waals surface area contributed by atoms with Gasteiger partial charge in [-0.25, -0.2) is 4.68 Å². The topological polar surface area (TPSA) is 117 Å². The Bertz CT molecular complexity index is 1670. The van der Waals surface area contributed by atoms with E-state index in [1.54, 1.807) is 47.1 Å². The van der Waals surface area contributed by atoms with Crippen LogP contribution in [-0.2, 0) is 11.2 Å². The highest BCUT2D eigenvalue weighted by Crippen LogP contribution is 2.34. The van der Waals surface area contributed by atoms with Crippen molar-refractivity contribution < 1.29 is 14.3 Å². The van der Waals surface area contributed by atoms with E-state index >= 15 is 0 Å².